The van der Waals surface area contributed by atoms with E-state index in [-0.39, 0.29) is 4.90 Å². The molecular formula is C15H15NO4S. The van der Waals surface area contributed by atoms with Gasteiger partial charge in [0.2, 0.25) is 0 Å². The van der Waals surface area contributed by atoms with Crippen LogP contribution in [-0.2, 0) is 19.1 Å². The molecule has 1 atom stereocenters. The lowest BCUT2D eigenvalue weighted by molar-refractivity contribution is -0.135. The van der Waals surface area contributed by atoms with Crippen molar-refractivity contribution in [2.24, 2.45) is 5.73 Å². The van der Waals surface area contributed by atoms with Crippen LogP contribution in [0.3, 0.4) is 0 Å². The monoisotopic (exact) mass is 305 g/mol. The number of rotatable bonds is 4. The van der Waals surface area contributed by atoms with Gasteiger partial charge in [0.1, 0.15) is 10.9 Å². The summed E-state index contributed by atoms with van der Waals surface area (Å²) in [5.74, 6) is -1.01. The second-order valence-electron chi connectivity index (χ2n) is 4.56. The highest BCUT2D eigenvalue weighted by molar-refractivity contribution is 7.87. The summed E-state index contributed by atoms with van der Waals surface area (Å²) in [6, 6.07) is 13.3. The van der Waals surface area contributed by atoms with E-state index < -0.39 is 22.1 Å². The van der Waals surface area contributed by atoms with Gasteiger partial charge in [-0.25, -0.2) is 4.79 Å². The number of carbonyl (C=O) groups excluding carboxylic acids is 1. The largest absolute Gasteiger partial charge is 0.343 e. The zero-order valence-corrected chi connectivity index (χ0v) is 12.2. The van der Waals surface area contributed by atoms with E-state index in [1.165, 1.54) is 12.1 Å². The Morgan fingerprint density at radius 1 is 1.05 bits per heavy atom. The molecule has 0 saturated carbocycles. The first-order valence-electron chi connectivity index (χ1n) is 6.26. The number of benzene rings is 2. The maximum Gasteiger partial charge on any atom is 0.343 e. The first-order valence-corrected chi connectivity index (χ1v) is 7.66. The Balaban J connectivity index is 2.17. The van der Waals surface area contributed by atoms with Crippen molar-refractivity contribution in [2.75, 3.05) is 0 Å². The van der Waals surface area contributed by atoms with Gasteiger partial charge in [0.25, 0.3) is 0 Å². The van der Waals surface area contributed by atoms with Gasteiger partial charge >= 0.3 is 16.1 Å². The molecule has 0 bridgehead atoms. The van der Waals surface area contributed by atoms with Crippen molar-refractivity contribution in [3.05, 3.63) is 65.7 Å². The van der Waals surface area contributed by atoms with Crippen molar-refractivity contribution >= 4 is 16.1 Å². The third-order valence-electron chi connectivity index (χ3n) is 2.91. The molecule has 110 valence electrons. The Labute approximate surface area is 123 Å². The molecule has 0 unspecified atom stereocenters. The molecule has 0 saturated heterocycles. The first-order chi connectivity index (χ1) is 9.90. The lowest BCUT2D eigenvalue weighted by atomic mass is 10.1. The minimum absolute atomic E-state index is 0.0817. The van der Waals surface area contributed by atoms with E-state index in [2.05, 4.69) is 4.18 Å². The number of hydrogen-bond acceptors (Lipinski definition) is 5. The zero-order valence-electron chi connectivity index (χ0n) is 11.4. The number of nitrogens with two attached hydrogens (primary N) is 1. The van der Waals surface area contributed by atoms with Gasteiger partial charge < -0.3 is 9.92 Å². The van der Waals surface area contributed by atoms with Gasteiger partial charge in [0.15, 0.2) is 0 Å². The van der Waals surface area contributed by atoms with Gasteiger partial charge in [-0.05, 0) is 24.6 Å². The van der Waals surface area contributed by atoms with Crippen LogP contribution >= 0.6 is 0 Å². The number of aryl methyl sites for hydroxylation is 1. The topological polar surface area (TPSA) is 86.5 Å². The van der Waals surface area contributed by atoms with Crippen molar-refractivity contribution in [3.8, 4) is 0 Å². The van der Waals surface area contributed by atoms with Gasteiger partial charge in [0.05, 0.1) is 0 Å². The minimum atomic E-state index is -4.16. The molecule has 5 nitrogen and oxygen atoms in total. The van der Waals surface area contributed by atoms with E-state index in [4.69, 9.17) is 5.73 Å². The molecule has 0 heterocycles. The highest BCUT2D eigenvalue weighted by Gasteiger charge is 2.25. The first kappa shape index (κ1) is 15.2. The fraction of sp³-hybridized carbons (Fsp3) is 0.133. The maximum absolute atomic E-state index is 12.0. The molecule has 0 aliphatic heterocycles. The lowest BCUT2D eigenvalue weighted by Gasteiger charge is -2.11. The predicted molar refractivity (Wildman–Crippen MR) is 77.8 cm³/mol. The second kappa shape index (κ2) is 6.07. The Kier molecular flexibility index (Phi) is 4.40. The van der Waals surface area contributed by atoms with Crippen molar-refractivity contribution in [1.29, 1.82) is 0 Å². The lowest BCUT2D eigenvalue weighted by Crippen LogP contribution is -2.26. The second-order valence-corrected chi connectivity index (χ2v) is 6.10. The molecule has 0 aliphatic rings. The van der Waals surface area contributed by atoms with Crippen LogP contribution in [0.5, 0.6) is 0 Å². The summed E-state index contributed by atoms with van der Waals surface area (Å²) in [5, 5.41) is 0. The third kappa shape index (κ3) is 3.68. The van der Waals surface area contributed by atoms with Crippen LogP contribution in [0.2, 0.25) is 0 Å². The SMILES string of the molecule is Cc1ccc(S(=O)(=O)OC(=O)[C@H](N)c2ccccc2)cc1. The van der Waals surface area contributed by atoms with Crippen LogP contribution in [-0.4, -0.2) is 14.4 Å². The molecule has 2 aromatic rings. The molecule has 0 radical (unpaired) electrons. The number of hydrogen-bond donors (Lipinski definition) is 1. The summed E-state index contributed by atoms with van der Waals surface area (Å²) >= 11 is 0. The summed E-state index contributed by atoms with van der Waals surface area (Å²) in [7, 11) is -4.16. The standard InChI is InChI=1S/C15H15NO4S/c1-11-7-9-13(10-8-11)21(18,19)20-15(17)14(16)12-5-3-2-4-6-12/h2-10,14H,16H2,1H3/t14-/m1/s1. The van der Waals surface area contributed by atoms with Crippen molar-refractivity contribution in [2.45, 2.75) is 17.9 Å². The summed E-state index contributed by atoms with van der Waals surface area (Å²) in [6.45, 7) is 1.83. The van der Waals surface area contributed by atoms with Gasteiger partial charge in [-0.1, -0.05) is 48.0 Å². The average Bonchev–Trinajstić information content (AvgIpc) is 2.47. The molecular weight excluding hydrogens is 290 g/mol. The molecule has 2 aromatic carbocycles. The highest BCUT2D eigenvalue weighted by atomic mass is 32.2. The predicted octanol–water partition coefficient (Wildman–Crippen LogP) is 1.93. The van der Waals surface area contributed by atoms with Gasteiger partial charge in [-0.3, -0.25) is 0 Å². The quantitative estimate of drug-likeness (QED) is 0.872. The van der Waals surface area contributed by atoms with Gasteiger partial charge in [0, 0.05) is 0 Å². The Hall–Kier alpha value is -2.18. The molecule has 0 aliphatic carbocycles. The van der Waals surface area contributed by atoms with Crippen LogP contribution in [0.15, 0.2) is 59.5 Å². The highest BCUT2D eigenvalue weighted by Crippen LogP contribution is 2.17. The molecule has 6 heteroatoms. The van der Waals surface area contributed by atoms with Crippen LogP contribution in [0.25, 0.3) is 0 Å². The Morgan fingerprint density at radius 2 is 1.62 bits per heavy atom. The average molecular weight is 305 g/mol. The summed E-state index contributed by atoms with van der Waals surface area (Å²) in [6.07, 6.45) is 0. The number of carbonyl (C=O) groups is 1. The fourth-order valence-corrected chi connectivity index (χ4v) is 2.60. The van der Waals surface area contributed by atoms with E-state index in [1.807, 2.05) is 6.92 Å². The molecule has 2 rings (SSSR count). The third-order valence-corrected chi connectivity index (χ3v) is 4.15. The molecule has 0 amide bonds. The van der Waals surface area contributed by atoms with Gasteiger partial charge in [-0.2, -0.15) is 8.42 Å². The van der Waals surface area contributed by atoms with E-state index in [9.17, 15) is 13.2 Å². The summed E-state index contributed by atoms with van der Waals surface area (Å²) in [4.78, 5) is 11.8. The molecule has 0 aromatic heterocycles. The van der Waals surface area contributed by atoms with Crippen molar-refractivity contribution in [3.63, 3.8) is 0 Å². The van der Waals surface area contributed by atoms with Crippen LogP contribution < -0.4 is 5.73 Å². The summed E-state index contributed by atoms with van der Waals surface area (Å²) < 4.78 is 28.6. The Bertz CT molecular complexity index is 724. The summed E-state index contributed by atoms with van der Waals surface area (Å²) in [5.41, 5.74) is 7.10. The molecule has 2 N–H and O–H groups in total. The van der Waals surface area contributed by atoms with E-state index in [1.54, 1.807) is 42.5 Å². The van der Waals surface area contributed by atoms with E-state index in [0.717, 1.165) is 5.56 Å². The molecule has 21 heavy (non-hydrogen) atoms. The normalized spacial score (nSPS) is 12.7. The molecule has 0 fully saturated rings. The Morgan fingerprint density at radius 3 is 2.19 bits per heavy atom. The maximum atomic E-state index is 12.0. The van der Waals surface area contributed by atoms with Crippen molar-refractivity contribution < 1.29 is 17.4 Å². The van der Waals surface area contributed by atoms with Crippen LogP contribution in [0, 0.1) is 6.92 Å². The van der Waals surface area contributed by atoms with E-state index >= 15 is 0 Å². The van der Waals surface area contributed by atoms with Crippen molar-refractivity contribution in [1.82, 2.24) is 0 Å². The van der Waals surface area contributed by atoms with Crippen LogP contribution in [0.4, 0.5) is 0 Å². The van der Waals surface area contributed by atoms with Gasteiger partial charge in [-0.15, -0.1) is 0 Å². The smallest absolute Gasteiger partial charge is 0.340 e. The van der Waals surface area contributed by atoms with E-state index in [0.29, 0.717) is 5.56 Å². The molecule has 0 spiro atoms. The van der Waals surface area contributed by atoms with Crippen LogP contribution in [0.1, 0.15) is 17.2 Å². The minimum Gasteiger partial charge on any atom is -0.340 e. The zero-order chi connectivity index (χ0) is 15.5. The fourth-order valence-electron chi connectivity index (χ4n) is 1.71.